The topological polar surface area (TPSA) is 14.8 Å². The minimum atomic E-state index is -2.83. The van der Waals surface area contributed by atoms with E-state index in [0.717, 1.165) is 28.1 Å². The predicted molar refractivity (Wildman–Crippen MR) is 299 cm³/mol. The average molecular weight is 908 g/mol. The van der Waals surface area contributed by atoms with Gasteiger partial charge in [0.05, 0.1) is 38.8 Å². The molecule has 0 N–H and O–H groups in total. The van der Waals surface area contributed by atoms with Gasteiger partial charge in [-0.2, -0.15) is 0 Å². The van der Waals surface area contributed by atoms with Gasteiger partial charge in [0.2, 0.25) is 0 Å². The lowest BCUT2D eigenvalue weighted by atomic mass is 10.1. The Bertz CT molecular complexity index is 4130. The van der Waals surface area contributed by atoms with Gasteiger partial charge in [0.25, 0.3) is 0 Å². The molecule has 14 aromatic rings. The molecule has 0 unspecified atom stereocenters. The van der Waals surface area contributed by atoms with Crippen molar-refractivity contribution in [1.82, 2.24) is 13.7 Å². The summed E-state index contributed by atoms with van der Waals surface area (Å²) in [6.07, 6.45) is 0. The molecule has 4 heteroatoms. The molecule has 3 aromatic heterocycles. The van der Waals surface area contributed by atoms with Crippen molar-refractivity contribution < 1.29 is 0 Å². The zero-order valence-electron chi connectivity index (χ0n) is 38.3. The molecule has 14 rings (SSSR count). The summed E-state index contributed by atoms with van der Waals surface area (Å²) in [5.41, 5.74) is 12.8. The summed E-state index contributed by atoms with van der Waals surface area (Å²) in [5.74, 6) is 0. The number of nitrogens with zero attached hydrogens (tertiary/aromatic N) is 3. The van der Waals surface area contributed by atoms with Crippen LogP contribution < -0.4 is 20.7 Å². The van der Waals surface area contributed by atoms with Crippen molar-refractivity contribution >= 4 is 94.2 Å². The van der Waals surface area contributed by atoms with Gasteiger partial charge < -0.3 is 13.7 Å². The van der Waals surface area contributed by atoms with Crippen molar-refractivity contribution in [3.63, 3.8) is 0 Å². The molecule has 0 spiro atoms. The van der Waals surface area contributed by atoms with Crippen LogP contribution in [-0.4, -0.2) is 21.8 Å². The molecule has 3 nitrogen and oxygen atoms in total. The van der Waals surface area contributed by atoms with Crippen molar-refractivity contribution in [1.29, 1.82) is 0 Å². The quantitative estimate of drug-likeness (QED) is 0.107. The first-order valence-corrected chi connectivity index (χ1v) is 26.2. The minimum Gasteiger partial charge on any atom is -0.309 e. The number of para-hydroxylation sites is 3. The standard InChI is InChI=1S/C66H45N3Si/c1-5-21-46(22-6-1)47-23-19-24-48(43-47)68-62-37-20-38-63(69-60-35-17-14-31-54(60)55-32-15-18-36-61(55)69)66(62)58-41-39-49(44-64(58)68)67-59-34-16-13-33-56(59)57-42-40-53(45-65(57)67)70(50-25-7-2-8-26-50,51-27-9-3-10-28-51)52-29-11-4-12-30-52/h1-45H. The number of aromatic nitrogens is 3. The van der Waals surface area contributed by atoms with Crippen LogP contribution in [-0.2, 0) is 0 Å². The highest BCUT2D eigenvalue weighted by Gasteiger charge is 2.41. The predicted octanol–water partition coefficient (Wildman–Crippen LogP) is 14.0. The highest BCUT2D eigenvalue weighted by Crippen LogP contribution is 2.42. The molecule has 0 radical (unpaired) electrons. The Morgan fingerprint density at radius 3 is 1.26 bits per heavy atom. The number of hydrogen-bond acceptors (Lipinski definition) is 0. The second-order valence-electron chi connectivity index (χ2n) is 18.4. The fraction of sp³-hybridized carbons (Fsp3) is 0. The molecule has 0 saturated carbocycles. The fourth-order valence-corrected chi connectivity index (χ4v) is 16.6. The number of fused-ring (bicyclic) bond motifs is 9. The molecule has 0 aliphatic rings. The van der Waals surface area contributed by atoms with Crippen LogP contribution in [0.3, 0.4) is 0 Å². The molecule has 0 fully saturated rings. The van der Waals surface area contributed by atoms with Gasteiger partial charge in [0.1, 0.15) is 0 Å². The summed E-state index contributed by atoms with van der Waals surface area (Å²) in [7, 11) is -2.83. The molecule has 328 valence electrons. The maximum atomic E-state index is 2.53. The van der Waals surface area contributed by atoms with Crippen LogP contribution in [0.2, 0.25) is 0 Å². The van der Waals surface area contributed by atoms with Gasteiger partial charge in [-0.1, -0.05) is 212 Å². The maximum Gasteiger partial charge on any atom is 0.179 e. The van der Waals surface area contributed by atoms with Crippen LogP contribution in [0.15, 0.2) is 273 Å². The molecule has 0 amide bonds. The summed E-state index contributed by atoms with van der Waals surface area (Å²) in [5, 5.41) is 12.8. The molecule has 0 bridgehead atoms. The maximum absolute atomic E-state index is 2.83. The van der Waals surface area contributed by atoms with E-state index in [0.29, 0.717) is 0 Å². The molecule has 0 atom stereocenters. The SMILES string of the molecule is c1ccc(-c2cccc(-n3c4cc(-n5c6ccccc6c6ccc([Si](c7ccccc7)(c7ccccc7)c7ccccc7)cc65)ccc4c4c(-n5c6ccccc6c6ccccc65)cccc43)c2)cc1. The van der Waals surface area contributed by atoms with E-state index < -0.39 is 8.07 Å². The molecular formula is C66H45N3Si. The van der Waals surface area contributed by atoms with Gasteiger partial charge in [-0.05, 0) is 92.5 Å². The van der Waals surface area contributed by atoms with E-state index in [9.17, 15) is 0 Å². The average Bonchev–Trinajstić information content (AvgIpc) is 4.08. The monoisotopic (exact) mass is 907 g/mol. The van der Waals surface area contributed by atoms with Gasteiger partial charge in [0, 0.05) is 43.7 Å². The first-order valence-electron chi connectivity index (χ1n) is 24.2. The number of hydrogen-bond donors (Lipinski definition) is 0. The molecule has 0 aliphatic carbocycles. The zero-order valence-corrected chi connectivity index (χ0v) is 39.3. The summed E-state index contributed by atoms with van der Waals surface area (Å²) in [6, 6.07) is 101. The van der Waals surface area contributed by atoms with Crippen LogP contribution in [0.5, 0.6) is 0 Å². The van der Waals surface area contributed by atoms with E-state index >= 15 is 0 Å². The van der Waals surface area contributed by atoms with Crippen LogP contribution in [0.25, 0.3) is 93.6 Å². The fourth-order valence-electron chi connectivity index (χ4n) is 11.8. The third-order valence-electron chi connectivity index (χ3n) is 14.8. The van der Waals surface area contributed by atoms with Gasteiger partial charge in [-0.15, -0.1) is 0 Å². The Hall–Kier alpha value is -8.96. The van der Waals surface area contributed by atoms with Crippen LogP contribution in [0.4, 0.5) is 0 Å². The van der Waals surface area contributed by atoms with Crippen molar-refractivity contribution in [3.8, 4) is 28.2 Å². The molecule has 11 aromatic carbocycles. The van der Waals surface area contributed by atoms with Crippen molar-refractivity contribution in [2.24, 2.45) is 0 Å². The Labute approximate surface area is 407 Å². The Kier molecular flexibility index (Phi) is 9.23. The van der Waals surface area contributed by atoms with E-state index in [-0.39, 0.29) is 0 Å². The van der Waals surface area contributed by atoms with Gasteiger partial charge in [0.15, 0.2) is 8.07 Å². The smallest absolute Gasteiger partial charge is 0.179 e. The molecule has 70 heavy (non-hydrogen) atoms. The molecule has 0 saturated heterocycles. The van der Waals surface area contributed by atoms with Gasteiger partial charge in [-0.25, -0.2) is 0 Å². The van der Waals surface area contributed by atoms with E-state index in [1.54, 1.807) is 0 Å². The van der Waals surface area contributed by atoms with E-state index in [1.807, 2.05) is 0 Å². The number of rotatable bonds is 8. The highest BCUT2D eigenvalue weighted by molar-refractivity contribution is 7.20. The summed E-state index contributed by atoms with van der Waals surface area (Å²) < 4.78 is 7.49. The lowest BCUT2D eigenvalue weighted by molar-refractivity contribution is 1.15. The highest BCUT2D eigenvalue weighted by atomic mass is 28.3. The minimum absolute atomic E-state index is 1.11. The van der Waals surface area contributed by atoms with E-state index in [4.69, 9.17) is 0 Å². The number of benzene rings is 11. The van der Waals surface area contributed by atoms with Crippen molar-refractivity contribution in [2.75, 3.05) is 0 Å². The third-order valence-corrected chi connectivity index (χ3v) is 19.5. The molecule has 0 aliphatic heterocycles. The summed E-state index contributed by atoms with van der Waals surface area (Å²) in [4.78, 5) is 0. The van der Waals surface area contributed by atoms with Crippen LogP contribution >= 0.6 is 0 Å². The summed E-state index contributed by atoms with van der Waals surface area (Å²) >= 11 is 0. The first-order chi connectivity index (χ1) is 34.8. The molecular weight excluding hydrogens is 863 g/mol. The lowest BCUT2D eigenvalue weighted by Crippen LogP contribution is -2.74. The van der Waals surface area contributed by atoms with E-state index in [2.05, 4.69) is 287 Å². The Morgan fingerprint density at radius 1 is 0.229 bits per heavy atom. The molecule has 3 heterocycles. The lowest BCUT2D eigenvalue weighted by Gasteiger charge is -2.34. The third kappa shape index (κ3) is 6.00. The van der Waals surface area contributed by atoms with Crippen LogP contribution in [0.1, 0.15) is 0 Å². The zero-order chi connectivity index (χ0) is 46.2. The normalized spacial score (nSPS) is 12.0. The Morgan fingerprint density at radius 2 is 0.657 bits per heavy atom. The largest absolute Gasteiger partial charge is 0.309 e. The van der Waals surface area contributed by atoms with E-state index in [1.165, 1.54) is 86.3 Å². The van der Waals surface area contributed by atoms with Crippen LogP contribution in [0, 0.1) is 0 Å². The first kappa shape index (κ1) is 40.1. The summed E-state index contributed by atoms with van der Waals surface area (Å²) in [6.45, 7) is 0. The van der Waals surface area contributed by atoms with Gasteiger partial charge >= 0.3 is 0 Å². The Balaban J connectivity index is 1.08. The van der Waals surface area contributed by atoms with Crippen molar-refractivity contribution in [3.05, 3.63) is 273 Å². The second kappa shape index (κ2) is 16.1. The van der Waals surface area contributed by atoms with Crippen molar-refractivity contribution in [2.45, 2.75) is 0 Å². The second-order valence-corrected chi connectivity index (χ2v) is 22.2. The van der Waals surface area contributed by atoms with Gasteiger partial charge in [-0.3, -0.25) is 0 Å².